The van der Waals surface area contributed by atoms with Crippen LogP contribution in [-0.2, 0) is 17.6 Å². The van der Waals surface area contributed by atoms with E-state index in [0.29, 0.717) is 12.0 Å². The molecule has 1 aromatic carbocycles. The Morgan fingerprint density at radius 1 is 1.03 bits per heavy atom. The van der Waals surface area contributed by atoms with Crippen LogP contribution in [0.2, 0.25) is 0 Å². The zero-order valence-electron chi connectivity index (χ0n) is 17.4. The van der Waals surface area contributed by atoms with Crippen molar-refractivity contribution in [2.24, 2.45) is 0 Å². The largest absolute Gasteiger partial charge is 0.480 e. The molecule has 30 heavy (non-hydrogen) atoms. The normalized spacial score (nSPS) is 13.7. The van der Waals surface area contributed by atoms with Gasteiger partial charge in [0, 0.05) is 17.8 Å². The number of benzene rings is 1. The van der Waals surface area contributed by atoms with Crippen molar-refractivity contribution in [1.82, 2.24) is 10.3 Å². The fourth-order valence-electron chi connectivity index (χ4n) is 3.79. The number of nitrogens with zero attached hydrogens (tertiary/aromatic N) is 1. The quantitative estimate of drug-likeness (QED) is 0.484. The second-order valence-electron chi connectivity index (χ2n) is 7.86. The van der Waals surface area contributed by atoms with Gasteiger partial charge in [0.25, 0.3) is 5.91 Å². The standard InChI is InChI=1S/C24H31N3O3/c28-23(18-10-5-4-6-11-18)27-22(24(29)30)13-8-3-1-2-7-12-19-15-16-20-21(26-19)14-9-17-25-20/h4-6,10-11,15-16,22,25H,1-3,7-9,12-14,17H2,(H,27,28)(H,29,30). The molecular formula is C24H31N3O3. The van der Waals surface area contributed by atoms with Crippen LogP contribution in [0, 0.1) is 0 Å². The molecule has 0 spiro atoms. The van der Waals surface area contributed by atoms with Gasteiger partial charge in [-0.25, -0.2) is 4.79 Å². The van der Waals surface area contributed by atoms with Crippen LogP contribution >= 0.6 is 0 Å². The molecule has 0 bridgehead atoms. The number of carbonyl (C=O) groups is 2. The van der Waals surface area contributed by atoms with E-state index in [2.05, 4.69) is 22.8 Å². The average molecular weight is 410 g/mol. The van der Waals surface area contributed by atoms with Crippen LogP contribution < -0.4 is 10.6 Å². The lowest BCUT2D eigenvalue weighted by Crippen LogP contribution is -2.40. The molecule has 2 aromatic rings. The molecule has 2 heterocycles. The summed E-state index contributed by atoms with van der Waals surface area (Å²) >= 11 is 0. The predicted octanol–water partition coefficient (Wildman–Crippen LogP) is 4.21. The molecule has 0 saturated heterocycles. The lowest BCUT2D eigenvalue weighted by Gasteiger charge is -2.17. The van der Waals surface area contributed by atoms with Crippen LogP contribution in [-0.4, -0.2) is 34.6 Å². The molecule has 3 N–H and O–H groups in total. The number of hydrogen-bond donors (Lipinski definition) is 3. The van der Waals surface area contributed by atoms with Gasteiger partial charge in [0.1, 0.15) is 6.04 Å². The number of amides is 1. The van der Waals surface area contributed by atoms with Gasteiger partial charge in [0.15, 0.2) is 0 Å². The number of aryl methyl sites for hydroxylation is 2. The van der Waals surface area contributed by atoms with E-state index < -0.39 is 12.0 Å². The Bertz CT molecular complexity index is 839. The highest BCUT2D eigenvalue weighted by molar-refractivity contribution is 5.96. The molecule has 6 nitrogen and oxygen atoms in total. The second-order valence-corrected chi connectivity index (χ2v) is 7.86. The van der Waals surface area contributed by atoms with Crippen molar-refractivity contribution in [3.8, 4) is 0 Å². The third-order valence-electron chi connectivity index (χ3n) is 5.50. The third kappa shape index (κ3) is 6.58. The molecule has 0 saturated carbocycles. The molecule has 1 atom stereocenters. The SMILES string of the molecule is O=C(NC(CCCCCCCc1ccc2c(n1)CCCN2)C(=O)O)c1ccccc1. The minimum Gasteiger partial charge on any atom is -0.480 e. The average Bonchev–Trinajstić information content (AvgIpc) is 2.77. The molecule has 1 aliphatic rings. The number of unbranched alkanes of at least 4 members (excludes halogenated alkanes) is 4. The van der Waals surface area contributed by atoms with E-state index in [0.717, 1.165) is 63.6 Å². The monoisotopic (exact) mass is 409 g/mol. The number of aromatic nitrogens is 1. The van der Waals surface area contributed by atoms with Gasteiger partial charge in [-0.15, -0.1) is 0 Å². The summed E-state index contributed by atoms with van der Waals surface area (Å²) in [6.07, 6.45) is 8.64. The summed E-state index contributed by atoms with van der Waals surface area (Å²) in [6, 6.07) is 12.1. The lowest BCUT2D eigenvalue weighted by atomic mass is 10.0. The maximum atomic E-state index is 12.2. The number of aliphatic carboxylic acids is 1. The van der Waals surface area contributed by atoms with E-state index in [1.54, 1.807) is 24.3 Å². The Morgan fingerprint density at radius 2 is 1.80 bits per heavy atom. The number of carbonyl (C=O) groups excluding carboxylic acids is 1. The molecule has 3 rings (SSSR count). The summed E-state index contributed by atoms with van der Waals surface area (Å²) in [4.78, 5) is 28.4. The molecule has 1 aromatic heterocycles. The zero-order chi connectivity index (χ0) is 21.2. The van der Waals surface area contributed by atoms with Crippen molar-refractivity contribution in [2.45, 2.75) is 63.8 Å². The third-order valence-corrected chi connectivity index (χ3v) is 5.50. The number of fused-ring (bicyclic) bond motifs is 1. The summed E-state index contributed by atoms with van der Waals surface area (Å²) in [5, 5.41) is 15.4. The Balaban J connectivity index is 1.31. The van der Waals surface area contributed by atoms with Crippen LogP contribution in [0.4, 0.5) is 5.69 Å². The van der Waals surface area contributed by atoms with Crippen LogP contribution in [0.25, 0.3) is 0 Å². The molecule has 0 fully saturated rings. The smallest absolute Gasteiger partial charge is 0.326 e. The molecule has 160 valence electrons. The van der Waals surface area contributed by atoms with Crippen molar-refractivity contribution >= 4 is 17.6 Å². The van der Waals surface area contributed by atoms with Gasteiger partial charge in [0.2, 0.25) is 0 Å². The summed E-state index contributed by atoms with van der Waals surface area (Å²) < 4.78 is 0. The van der Waals surface area contributed by atoms with E-state index in [1.807, 2.05) is 6.07 Å². The lowest BCUT2D eigenvalue weighted by molar-refractivity contribution is -0.139. The molecule has 6 heteroatoms. The van der Waals surface area contributed by atoms with Gasteiger partial charge in [-0.05, 0) is 56.4 Å². The molecule has 0 aliphatic carbocycles. The summed E-state index contributed by atoms with van der Waals surface area (Å²) in [5.74, 6) is -1.32. The van der Waals surface area contributed by atoms with E-state index in [-0.39, 0.29) is 5.91 Å². The van der Waals surface area contributed by atoms with Crippen LogP contribution in [0.15, 0.2) is 42.5 Å². The first kappa shape index (κ1) is 21.8. The fourth-order valence-corrected chi connectivity index (χ4v) is 3.79. The van der Waals surface area contributed by atoms with Crippen molar-refractivity contribution < 1.29 is 14.7 Å². The van der Waals surface area contributed by atoms with Gasteiger partial charge in [-0.1, -0.05) is 43.9 Å². The van der Waals surface area contributed by atoms with Gasteiger partial charge in [-0.2, -0.15) is 0 Å². The van der Waals surface area contributed by atoms with Gasteiger partial charge in [-0.3, -0.25) is 9.78 Å². The number of nitrogens with one attached hydrogen (secondary N) is 2. The highest BCUT2D eigenvalue weighted by Crippen LogP contribution is 2.20. The number of anilines is 1. The van der Waals surface area contributed by atoms with Crippen molar-refractivity contribution in [1.29, 1.82) is 0 Å². The van der Waals surface area contributed by atoms with E-state index in [9.17, 15) is 14.7 Å². The molecule has 0 radical (unpaired) electrons. The second kappa shape index (κ2) is 11.3. The topological polar surface area (TPSA) is 91.3 Å². The van der Waals surface area contributed by atoms with Crippen molar-refractivity contribution in [2.75, 3.05) is 11.9 Å². The number of carboxylic acids is 1. The Labute approximate surface area is 178 Å². The first-order valence-electron chi connectivity index (χ1n) is 10.9. The van der Waals surface area contributed by atoms with E-state index >= 15 is 0 Å². The Morgan fingerprint density at radius 3 is 2.60 bits per heavy atom. The first-order valence-corrected chi connectivity index (χ1v) is 10.9. The first-order chi connectivity index (χ1) is 14.6. The summed E-state index contributed by atoms with van der Waals surface area (Å²) in [6.45, 7) is 1.03. The summed E-state index contributed by atoms with van der Waals surface area (Å²) in [7, 11) is 0. The highest BCUT2D eigenvalue weighted by atomic mass is 16.4. The van der Waals surface area contributed by atoms with Crippen molar-refractivity contribution in [3.05, 3.63) is 59.4 Å². The number of rotatable bonds is 11. The van der Waals surface area contributed by atoms with Crippen LogP contribution in [0.5, 0.6) is 0 Å². The number of carboxylic acid groups (broad SMARTS) is 1. The predicted molar refractivity (Wildman–Crippen MR) is 118 cm³/mol. The van der Waals surface area contributed by atoms with Crippen LogP contribution in [0.3, 0.4) is 0 Å². The minimum absolute atomic E-state index is 0.337. The fraction of sp³-hybridized carbons (Fsp3) is 0.458. The molecule has 1 aliphatic heterocycles. The zero-order valence-corrected chi connectivity index (χ0v) is 17.4. The maximum absolute atomic E-state index is 12.2. The van der Waals surface area contributed by atoms with Gasteiger partial charge in [0.05, 0.1) is 11.4 Å². The van der Waals surface area contributed by atoms with Gasteiger partial charge < -0.3 is 15.7 Å². The minimum atomic E-state index is -0.979. The molecule has 1 unspecified atom stereocenters. The van der Waals surface area contributed by atoms with Crippen molar-refractivity contribution in [3.63, 3.8) is 0 Å². The molecular weight excluding hydrogens is 378 g/mol. The van der Waals surface area contributed by atoms with E-state index in [4.69, 9.17) is 4.98 Å². The summed E-state index contributed by atoms with van der Waals surface area (Å²) in [5.41, 5.74) is 4.01. The number of hydrogen-bond acceptors (Lipinski definition) is 4. The Kier molecular flexibility index (Phi) is 8.24. The van der Waals surface area contributed by atoms with Crippen LogP contribution in [0.1, 0.15) is 66.7 Å². The molecule has 1 amide bonds. The Hall–Kier alpha value is -2.89. The van der Waals surface area contributed by atoms with Gasteiger partial charge >= 0.3 is 5.97 Å². The van der Waals surface area contributed by atoms with E-state index in [1.165, 1.54) is 11.4 Å². The maximum Gasteiger partial charge on any atom is 0.326 e. The number of pyridine rings is 1. The highest BCUT2D eigenvalue weighted by Gasteiger charge is 2.20.